The van der Waals surface area contributed by atoms with Gasteiger partial charge in [0.25, 0.3) is 5.91 Å². The molecule has 30 heavy (non-hydrogen) atoms. The molecule has 0 unspecified atom stereocenters. The summed E-state index contributed by atoms with van der Waals surface area (Å²) in [5, 5.41) is 6.69. The number of nitrogens with one attached hydrogen (secondary N) is 3. The van der Waals surface area contributed by atoms with E-state index in [0.717, 1.165) is 42.7 Å². The van der Waals surface area contributed by atoms with Crippen molar-refractivity contribution in [1.29, 1.82) is 0 Å². The first-order valence-electron chi connectivity index (χ1n) is 9.96. The van der Waals surface area contributed by atoms with Crippen LogP contribution in [0.2, 0.25) is 5.02 Å². The van der Waals surface area contributed by atoms with E-state index in [0.29, 0.717) is 28.3 Å². The van der Waals surface area contributed by atoms with Gasteiger partial charge in [-0.15, -0.1) is 0 Å². The maximum atomic E-state index is 11.4. The van der Waals surface area contributed by atoms with Gasteiger partial charge in [0.2, 0.25) is 0 Å². The number of imidazole rings is 1. The molecule has 0 aliphatic carbocycles. The number of hydrogen-bond acceptors (Lipinski definition) is 6. The number of H-pyrrole nitrogens is 1. The van der Waals surface area contributed by atoms with E-state index in [1.807, 2.05) is 18.2 Å². The van der Waals surface area contributed by atoms with Crippen molar-refractivity contribution in [3.05, 3.63) is 35.5 Å². The Morgan fingerprint density at radius 3 is 2.93 bits per heavy atom. The highest BCUT2D eigenvalue weighted by atomic mass is 35.5. The third-order valence-electron chi connectivity index (χ3n) is 5.30. The van der Waals surface area contributed by atoms with Crippen LogP contribution in [-0.4, -0.2) is 65.6 Å². The van der Waals surface area contributed by atoms with Crippen molar-refractivity contribution in [2.75, 3.05) is 39.1 Å². The fourth-order valence-corrected chi connectivity index (χ4v) is 3.72. The predicted octanol–water partition coefficient (Wildman–Crippen LogP) is 2.91. The monoisotopic (exact) mass is 428 g/mol. The van der Waals surface area contributed by atoms with Crippen molar-refractivity contribution >= 4 is 34.4 Å². The number of pyridine rings is 1. The lowest BCUT2D eigenvalue weighted by Gasteiger charge is -2.30. The Morgan fingerprint density at radius 2 is 2.17 bits per heavy atom. The van der Waals surface area contributed by atoms with Crippen LogP contribution >= 0.6 is 11.6 Å². The number of anilines is 1. The summed E-state index contributed by atoms with van der Waals surface area (Å²) in [5.41, 5.74) is 3.06. The standard InChI is InChI=1S/C21H25ClN6O2/c1-23-17(29)12-30-15-5-3-4-13(10-15)20-26-19-18(16(22)11-24-21(19)27-20)25-14-6-8-28(2)9-7-14/h3-5,10-11,14H,6-9,12H2,1-2H3,(H,23,29)(H2,24,25,26,27). The number of aromatic nitrogens is 3. The predicted molar refractivity (Wildman–Crippen MR) is 118 cm³/mol. The number of rotatable bonds is 6. The van der Waals surface area contributed by atoms with Crippen molar-refractivity contribution in [3.8, 4) is 17.1 Å². The average molecular weight is 429 g/mol. The Labute approximate surface area is 180 Å². The van der Waals surface area contributed by atoms with Gasteiger partial charge in [0.15, 0.2) is 12.3 Å². The third-order valence-corrected chi connectivity index (χ3v) is 5.58. The number of fused-ring (bicyclic) bond motifs is 1. The maximum Gasteiger partial charge on any atom is 0.257 e. The third kappa shape index (κ3) is 4.49. The van der Waals surface area contributed by atoms with Crippen LogP contribution in [0.3, 0.4) is 0 Å². The molecule has 3 heterocycles. The van der Waals surface area contributed by atoms with Gasteiger partial charge in [-0.3, -0.25) is 4.79 Å². The summed E-state index contributed by atoms with van der Waals surface area (Å²) < 4.78 is 5.54. The minimum atomic E-state index is -0.187. The quantitative estimate of drug-likeness (QED) is 0.558. The Morgan fingerprint density at radius 1 is 1.37 bits per heavy atom. The molecule has 9 heteroatoms. The van der Waals surface area contributed by atoms with Gasteiger partial charge in [-0.25, -0.2) is 9.97 Å². The van der Waals surface area contributed by atoms with Crippen molar-refractivity contribution < 1.29 is 9.53 Å². The molecule has 158 valence electrons. The number of carbonyl (C=O) groups is 1. The zero-order valence-corrected chi connectivity index (χ0v) is 17.8. The van der Waals surface area contributed by atoms with Crippen LogP contribution in [0, 0.1) is 0 Å². The van der Waals surface area contributed by atoms with Crippen LogP contribution in [0.25, 0.3) is 22.6 Å². The number of likely N-dealkylation sites (tertiary alicyclic amines) is 1. The minimum absolute atomic E-state index is 0.0398. The fourth-order valence-electron chi connectivity index (χ4n) is 3.52. The topological polar surface area (TPSA) is 95.2 Å². The average Bonchev–Trinajstić information content (AvgIpc) is 3.20. The molecule has 2 aromatic heterocycles. The molecule has 3 aromatic rings. The largest absolute Gasteiger partial charge is 0.484 e. The molecule has 4 rings (SSSR count). The first-order valence-corrected chi connectivity index (χ1v) is 10.3. The molecule has 0 radical (unpaired) electrons. The molecule has 3 N–H and O–H groups in total. The first kappa shape index (κ1) is 20.4. The second kappa shape index (κ2) is 8.89. The highest BCUT2D eigenvalue weighted by Crippen LogP contribution is 2.32. The molecule has 0 spiro atoms. The molecule has 1 aromatic carbocycles. The van der Waals surface area contributed by atoms with Crippen LogP contribution in [0.15, 0.2) is 30.5 Å². The second-order valence-electron chi connectivity index (χ2n) is 7.48. The molecule has 8 nitrogen and oxygen atoms in total. The van der Waals surface area contributed by atoms with E-state index in [4.69, 9.17) is 16.3 Å². The van der Waals surface area contributed by atoms with E-state index in [2.05, 4.69) is 37.5 Å². The van der Waals surface area contributed by atoms with Crippen LogP contribution in [0.5, 0.6) is 5.75 Å². The number of hydrogen-bond donors (Lipinski definition) is 3. The van der Waals surface area contributed by atoms with Crippen LogP contribution in [0.1, 0.15) is 12.8 Å². The molecular weight excluding hydrogens is 404 g/mol. The number of aromatic amines is 1. The molecule has 1 amide bonds. The molecule has 1 aliphatic heterocycles. The molecule has 0 atom stereocenters. The van der Waals surface area contributed by atoms with Crippen molar-refractivity contribution in [1.82, 2.24) is 25.2 Å². The van der Waals surface area contributed by atoms with E-state index >= 15 is 0 Å². The van der Waals surface area contributed by atoms with Gasteiger partial charge in [-0.2, -0.15) is 0 Å². The maximum absolute atomic E-state index is 11.4. The highest BCUT2D eigenvalue weighted by molar-refractivity contribution is 6.34. The number of nitrogens with zero attached hydrogens (tertiary/aromatic N) is 3. The smallest absolute Gasteiger partial charge is 0.257 e. The van der Waals surface area contributed by atoms with E-state index in [-0.39, 0.29) is 12.5 Å². The van der Waals surface area contributed by atoms with Gasteiger partial charge in [-0.1, -0.05) is 23.7 Å². The number of likely N-dealkylation sites (N-methyl/N-ethyl adjacent to an activating group) is 1. The van der Waals surface area contributed by atoms with Gasteiger partial charge in [0.1, 0.15) is 17.1 Å². The summed E-state index contributed by atoms with van der Waals surface area (Å²) in [4.78, 5) is 26.1. The van der Waals surface area contributed by atoms with Crippen molar-refractivity contribution in [2.45, 2.75) is 18.9 Å². The minimum Gasteiger partial charge on any atom is -0.484 e. The normalized spacial score (nSPS) is 15.3. The zero-order valence-electron chi connectivity index (χ0n) is 17.0. The van der Waals surface area contributed by atoms with E-state index in [1.54, 1.807) is 19.3 Å². The van der Waals surface area contributed by atoms with E-state index in [9.17, 15) is 4.79 Å². The number of ether oxygens (including phenoxy) is 1. The van der Waals surface area contributed by atoms with Crippen LogP contribution < -0.4 is 15.4 Å². The molecule has 1 fully saturated rings. The molecular formula is C21H25ClN6O2. The highest BCUT2D eigenvalue weighted by Gasteiger charge is 2.20. The molecule has 1 saturated heterocycles. The number of halogens is 1. The molecule has 1 aliphatic rings. The van der Waals surface area contributed by atoms with Crippen molar-refractivity contribution in [3.63, 3.8) is 0 Å². The SMILES string of the molecule is CNC(=O)COc1cccc(-c2nc3ncc(Cl)c(NC4CCN(C)CC4)c3[nH]2)c1. The van der Waals surface area contributed by atoms with Gasteiger partial charge >= 0.3 is 0 Å². The lowest BCUT2D eigenvalue weighted by atomic mass is 10.1. The van der Waals surface area contributed by atoms with Gasteiger partial charge in [0, 0.05) is 18.7 Å². The Hall–Kier alpha value is -2.84. The summed E-state index contributed by atoms with van der Waals surface area (Å²) in [5.74, 6) is 1.07. The summed E-state index contributed by atoms with van der Waals surface area (Å²) >= 11 is 6.48. The fraction of sp³-hybridized carbons (Fsp3) is 0.381. The van der Waals surface area contributed by atoms with Crippen LogP contribution in [0.4, 0.5) is 5.69 Å². The number of benzene rings is 1. The summed E-state index contributed by atoms with van der Waals surface area (Å²) in [6.45, 7) is 2.07. The van der Waals surface area contributed by atoms with Gasteiger partial charge in [0.05, 0.1) is 16.9 Å². The lowest BCUT2D eigenvalue weighted by Crippen LogP contribution is -2.36. The Bertz CT molecular complexity index is 1050. The Balaban J connectivity index is 1.60. The van der Waals surface area contributed by atoms with Crippen molar-refractivity contribution in [2.24, 2.45) is 0 Å². The summed E-state index contributed by atoms with van der Waals surface area (Å²) in [6.07, 6.45) is 3.75. The summed E-state index contributed by atoms with van der Waals surface area (Å²) in [7, 11) is 3.72. The lowest BCUT2D eigenvalue weighted by molar-refractivity contribution is -0.122. The van der Waals surface area contributed by atoms with E-state index < -0.39 is 0 Å². The molecule has 0 bridgehead atoms. The summed E-state index contributed by atoms with van der Waals surface area (Å²) in [6, 6.07) is 7.79. The number of piperidine rings is 1. The van der Waals surface area contributed by atoms with Gasteiger partial charge in [-0.05, 0) is 45.1 Å². The first-order chi connectivity index (χ1) is 14.5. The van der Waals surface area contributed by atoms with E-state index in [1.165, 1.54) is 0 Å². The second-order valence-corrected chi connectivity index (χ2v) is 7.88. The Kier molecular flexibility index (Phi) is 6.06. The molecule has 0 saturated carbocycles. The zero-order chi connectivity index (χ0) is 21.1. The van der Waals surface area contributed by atoms with Crippen LogP contribution in [-0.2, 0) is 4.79 Å². The number of amides is 1. The number of carbonyl (C=O) groups excluding carboxylic acids is 1. The van der Waals surface area contributed by atoms with Gasteiger partial charge < -0.3 is 25.3 Å².